The summed E-state index contributed by atoms with van der Waals surface area (Å²) in [5, 5.41) is 9.44. The molecule has 0 aliphatic heterocycles. The first-order chi connectivity index (χ1) is 11.3. The molecule has 0 bridgehead atoms. The monoisotopic (exact) mass is 350 g/mol. The fraction of sp³-hybridized carbons (Fsp3) is 0.556. The molecule has 0 spiro atoms. The molecule has 0 heterocycles. The van der Waals surface area contributed by atoms with E-state index in [1.165, 1.54) is 16.0 Å². The van der Waals surface area contributed by atoms with Crippen molar-refractivity contribution in [2.75, 3.05) is 26.4 Å². The molecule has 5 nitrogen and oxygen atoms in total. The van der Waals surface area contributed by atoms with Crippen molar-refractivity contribution in [2.45, 2.75) is 39.1 Å². The number of hydrogen-bond acceptors (Lipinski definition) is 3. The molecule has 1 aromatic rings. The Kier molecular flexibility index (Phi) is 8.11. The fourth-order valence-corrected chi connectivity index (χ4v) is 2.73. The fourth-order valence-electron chi connectivity index (χ4n) is 2.02. The topological polar surface area (TPSA) is 65.5 Å². The highest BCUT2D eigenvalue weighted by atomic mass is 32.2. The number of aryl methyl sites for hydroxylation is 1. The highest BCUT2D eigenvalue weighted by Crippen LogP contribution is 2.21. The third-order valence-electron chi connectivity index (χ3n) is 3.50. The Balaban J connectivity index is 2.42. The van der Waals surface area contributed by atoms with Gasteiger partial charge >= 0.3 is 0 Å². The lowest BCUT2D eigenvalue weighted by molar-refractivity contribution is -0.128. The molecule has 0 fully saturated rings. The molecule has 3 N–H and O–H groups in total. The van der Waals surface area contributed by atoms with Gasteiger partial charge in [-0.05, 0) is 30.4 Å². The molecule has 0 saturated heterocycles. The smallest absolute Gasteiger partial charge is 0.225 e. The molecule has 0 unspecified atom stereocenters. The summed E-state index contributed by atoms with van der Waals surface area (Å²) >= 11 is 1.75. The van der Waals surface area contributed by atoms with Crippen LogP contribution in [0.4, 0.5) is 0 Å². The quantitative estimate of drug-likeness (QED) is 0.319. The maximum Gasteiger partial charge on any atom is 0.225 e. The van der Waals surface area contributed by atoms with Gasteiger partial charge in [0, 0.05) is 37.0 Å². The van der Waals surface area contributed by atoms with E-state index in [1.807, 2.05) is 20.8 Å². The first kappa shape index (κ1) is 20.4. The van der Waals surface area contributed by atoms with Crippen LogP contribution in [-0.4, -0.2) is 38.3 Å². The van der Waals surface area contributed by atoms with Gasteiger partial charge in [-0.1, -0.05) is 32.9 Å². The zero-order chi connectivity index (χ0) is 18.2. The maximum absolute atomic E-state index is 11.8. The minimum atomic E-state index is -0.362. The summed E-state index contributed by atoms with van der Waals surface area (Å²) in [4.78, 5) is 17.3. The zero-order valence-electron chi connectivity index (χ0n) is 15.6. The molecule has 1 rings (SSSR count). The first-order valence-electron chi connectivity index (χ1n) is 8.14. The number of rotatable bonds is 6. The van der Waals surface area contributed by atoms with E-state index in [4.69, 9.17) is 0 Å². The van der Waals surface area contributed by atoms with Crippen LogP contribution in [0.25, 0.3) is 0 Å². The van der Waals surface area contributed by atoms with Crippen LogP contribution >= 0.6 is 11.8 Å². The second kappa shape index (κ2) is 9.57. The van der Waals surface area contributed by atoms with E-state index in [2.05, 4.69) is 52.3 Å². The average Bonchev–Trinajstić information content (AvgIpc) is 2.53. The van der Waals surface area contributed by atoms with Gasteiger partial charge in [-0.25, -0.2) is 0 Å². The van der Waals surface area contributed by atoms with Gasteiger partial charge in [-0.15, -0.1) is 11.8 Å². The van der Waals surface area contributed by atoms with Crippen molar-refractivity contribution >= 4 is 23.6 Å². The molecule has 0 radical (unpaired) electrons. The summed E-state index contributed by atoms with van der Waals surface area (Å²) in [5.74, 6) is 0.782. The summed E-state index contributed by atoms with van der Waals surface area (Å²) in [5.41, 5.74) is 2.15. The highest BCUT2D eigenvalue weighted by Gasteiger charge is 2.20. The summed E-state index contributed by atoms with van der Waals surface area (Å²) in [7, 11) is 1.74. The lowest BCUT2D eigenvalue weighted by atomic mass is 9.96. The molecule has 0 aliphatic carbocycles. The summed E-state index contributed by atoms with van der Waals surface area (Å²) in [6, 6.07) is 6.46. The van der Waals surface area contributed by atoms with Gasteiger partial charge in [0.1, 0.15) is 0 Å². The lowest BCUT2D eigenvalue weighted by Gasteiger charge is -2.18. The Morgan fingerprint density at radius 1 is 1.17 bits per heavy atom. The van der Waals surface area contributed by atoms with Crippen LogP contribution in [0, 0.1) is 12.3 Å². The van der Waals surface area contributed by atoms with Crippen LogP contribution in [0.3, 0.4) is 0 Å². The summed E-state index contributed by atoms with van der Waals surface area (Å²) in [6.07, 6.45) is 2.09. The Bertz CT molecular complexity index is 579. The Hall–Kier alpha value is -1.69. The Labute approximate surface area is 150 Å². The van der Waals surface area contributed by atoms with Gasteiger partial charge in [-0.3, -0.25) is 9.79 Å². The van der Waals surface area contributed by atoms with Crippen molar-refractivity contribution in [3.63, 3.8) is 0 Å². The van der Waals surface area contributed by atoms with E-state index in [-0.39, 0.29) is 11.3 Å². The average molecular weight is 351 g/mol. The molecular formula is C18H30N4OS. The molecule has 0 atom stereocenters. The van der Waals surface area contributed by atoms with Gasteiger partial charge < -0.3 is 16.0 Å². The number of carbonyl (C=O) groups excluding carboxylic acids is 1. The minimum absolute atomic E-state index is 0.0523. The van der Waals surface area contributed by atoms with Crippen LogP contribution in [-0.2, 0) is 11.3 Å². The van der Waals surface area contributed by atoms with Crippen LogP contribution in [0.15, 0.2) is 28.1 Å². The van der Waals surface area contributed by atoms with Crippen LogP contribution in [0.1, 0.15) is 31.9 Å². The molecule has 0 aromatic heterocycles. The summed E-state index contributed by atoms with van der Waals surface area (Å²) < 4.78 is 0. The van der Waals surface area contributed by atoms with Crippen LogP contribution in [0.5, 0.6) is 0 Å². The molecule has 134 valence electrons. The summed E-state index contributed by atoms with van der Waals surface area (Å²) in [6.45, 7) is 9.72. The number of hydrogen-bond donors (Lipinski definition) is 3. The number of thioether (sulfide) groups is 1. The Morgan fingerprint density at radius 3 is 2.42 bits per heavy atom. The van der Waals surface area contributed by atoms with Crippen molar-refractivity contribution in [1.82, 2.24) is 16.0 Å². The van der Waals surface area contributed by atoms with E-state index < -0.39 is 0 Å². The van der Waals surface area contributed by atoms with Crippen molar-refractivity contribution < 1.29 is 4.79 Å². The van der Waals surface area contributed by atoms with E-state index in [0.29, 0.717) is 19.6 Å². The second-order valence-corrected chi connectivity index (χ2v) is 7.52. The van der Waals surface area contributed by atoms with Gasteiger partial charge in [0.2, 0.25) is 5.91 Å². The normalized spacial score (nSPS) is 12.0. The van der Waals surface area contributed by atoms with Crippen molar-refractivity contribution in [2.24, 2.45) is 10.4 Å². The van der Waals surface area contributed by atoms with Crippen molar-refractivity contribution in [3.8, 4) is 0 Å². The molecule has 1 amide bonds. The van der Waals surface area contributed by atoms with E-state index in [9.17, 15) is 4.79 Å². The van der Waals surface area contributed by atoms with Gasteiger partial charge in [0.15, 0.2) is 5.96 Å². The Morgan fingerprint density at radius 2 is 1.83 bits per heavy atom. The predicted molar refractivity (Wildman–Crippen MR) is 104 cm³/mol. The van der Waals surface area contributed by atoms with Crippen LogP contribution in [0.2, 0.25) is 0 Å². The molecule has 6 heteroatoms. The number of carbonyl (C=O) groups is 1. The standard InChI is InChI=1S/C18H30N4OS/c1-13-7-8-14(15(11-13)24-6)12-22-17(19-5)21-10-9-20-16(23)18(2,3)4/h7-8,11H,9-10,12H2,1-6H3,(H,20,23)(H2,19,21,22). The molecular weight excluding hydrogens is 320 g/mol. The SMILES string of the molecule is CN=C(NCCNC(=O)C(C)(C)C)NCc1ccc(C)cc1SC. The molecule has 0 saturated carbocycles. The third kappa shape index (κ3) is 6.83. The number of nitrogens with zero attached hydrogens (tertiary/aromatic N) is 1. The molecule has 1 aromatic carbocycles. The number of benzene rings is 1. The number of aliphatic imine (C=N–C) groups is 1. The largest absolute Gasteiger partial charge is 0.355 e. The van der Waals surface area contributed by atoms with Gasteiger partial charge in [-0.2, -0.15) is 0 Å². The first-order valence-corrected chi connectivity index (χ1v) is 9.36. The highest BCUT2D eigenvalue weighted by molar-refractivity contribution is 7.98. The third-order valence-corrected chi connectivity index (χ3v) is 4.32. The predicted octanol–water partition coefficient (Wildman–Crippen LogP) is 2.54. The van der Waals surface area contributed by atoms with E-state index >= 15 is 0 Å². The lowest BCUT2D eigenvalue weighted by Crippen LogP contribution is -2.43. The maximum atomic E-state index is 11.8. The molecule has 24 heavy (non-hydrogen) atoms. The van der Waals surface area contributed by atoms with Crippen LogP contribution < -0.4 is 16.0 Å². The number of amides is 1. The van der Waals surface area contributed by atoms with Gasteiger partial charge in [0.05, 0.1) is 0 Å². The molecule has 0 aliphatic rings. The van der Waals surface area contributed by atoms with Crippen molar-refractivity contribution in [3.05, 3.63) is 29.3 Å². The van der Waals surface area contributed by atoms with E-state index in [0.717, 1.165) is 5.96 Å². The number of nitrogens with one attached hydrogen (secondary N) is 3. The number of guanidine groups is 1. The van der Waals surface area contributed by atoms with Gasteiger partial charge in [0.25, 0.3) is 0 Å². The minimum Gasteiger partial charge on any atom is -0.355 e. The van der Waals surface area contributed by atoms with E-state index in [1.54, 1.807) is 18.8 Å². The second-order valence-electron chi connectivity index (χ2n) is 6.67. The van der Waals surface area contributed by atoms with Crippen molar-refractivity contribution in [1.29, 1.82) is 0 Å². The zero-order valence-corrected chi connectivity index (χ0v) is 16.4.